The van der Waals surface area contributed by atoms with Crippen LogP contribution >= 0.6 is 23.2 Å². The third-order valence-corrected chi connectivity index (χ3v) is 3.91. The number of amides is 2. The van der Waals surface area contributed by atoms with Crippen LogP contribution < -0.4 is 10.6 Å². The molecule has 6 heteroatoms. The number of nitrogens with one attached hydrogen (secondary N) is 2. The summed E-state index contributed by atoms with van der Waals surface area (Å²) in [7, 11) is 0. The molecule has 0 bridgehead atoms. The van der Waals surface area contributed by atoms with Crippen LogP contribution in [0.1, 0.15) is 35.7 Å². The molecule has 0 heterocycles. The molecule has 2 amide bonds. The van der Waals surface area contributed by atoms with Gasteiger partial charge in [-0.1, -0.05) is 42.3 Å². The maximum absolute atomic E-state index is 12.2. The Morgan fingerprint density at radius 2 is 1.75 bits per heavy atom. The number of halogens is 2. The highest BCUT2D eigenvalue weighted by Crippen LogP contribution is 2.20. The molecule has 2 aromatic rings. The molecule has 0 saturated carbocycles. The molecule has 0 aliphatic heterocycles. The lowest BCUT2D eigenvalue weighted by atomic mass is 10.1. The SMILES string of the molecule is CCCC(=O)Nc1ccc(CNC(=O)c2cc(Cl)ccc2Cl)cc1. The number of hydrogen-bond acceptors (Lipinski definition) is 2. The molecule has 0 spiro atoms. The second kappa shape index (κ2) is 8.71. The minimum absolute atomic E-state index is 0.00542. The molecule has 0 aromatic heterocycles. The molecule has 4 nitrogen and oxygen atoms in total. The van der Waals surface area contributed by atoms with Crippen LogP contribution in [0.2, 0.25) is 10.0 Å². The van der Waals surface area contributed by atoms with Gasteiger partial charge in [-0.3, -0.25) is 9.59 Å². The monoisotopic (exact) mass is 364 g/mol. The van der Waals surface area contributed by atoms with Gasteiger partial charge in [0, 0.05) is 23.7 Å². The van der Waals surface area contributed by atoms with E-state index in [9.17, 15) is 9.59 Å². The van der Waals surface area contributed by atoms with Crippen LogP contribution in [-0.4, -0.2) is 11.8 Å². The van der Waals surface area contributed by atoms with Crippen molar-refractivity contribution in [3.63, 3.8) is 0 Å². The Morgan fingerprint density at radius 1 is 1.04 bits per heavy atom. The van der Waals surface area contributed by atoms with E-state index < -0.39 is 0 Å². The Kier molecular flexibility index (Phi) is 6.64. The maximum Gasteiger partial charge on any atom is 0.253 e. The van der Waals surface area contributed by atoms with Crippen LogP contribution in [0.25, 0.3) is 0 Å². The van der Waals surface area contributed by atoms with Gasteiger partial charge >= 0.3 is 0 Å². The molecule has 0 aliphatic carbocycles. The van der Waals surface area contributed by atoms with Crippen LogP contribution in [0.4, 0.5) is 5.69 Å². The Balaban J connectivity index is 1.93. The van der Waals surface area contributed by atoms with Crippen LogP contribution in [0.5, 0.6) is 0 Å². The zero-order chi connectivity index (χ0) is 17.5. The van der Waals surface area contributed by atoms with E-state index in [1.54, 1.807) is 24.3 Å². The number of carbonyl (C=O) groups is 2. The van der Waals surface area contributed by atoms with Crippen molar-refractivity contribution in [2.45, 2.75) is 26.3 Å². The van der Waals surface area contributed by atoms with Crippen molar-refractivity contribution >= 4 is 40.7 Å². The number of carbonyl (C=O) groups excluding carboxylic acids is 2. The first-order valence-corrected chi connectivity index (χ1v) is 8.37. The Morgan fingerprint density at radius 3 is 2.42 bits per heavy atom. The second-order valence-electron chi connectivity index (χ2n) is 5.30. The molecule has 24 heavy (non-hydrogen) atoms. The average Bonchev–Trinajstić information content (AvgIpc) is 2.56. The van der Waals surface area contributed by atoms with Crippen molar-refractivity contribution in [2.24, 2.45) is 0 Å². The number of benzene rings is 2. The normalized spacial score (nSPS) is 10.3. The molecule has 0 aliphatic rings. The van der Waals surface area contributed by atoms with E-state index >= 15 is 0 Å². The summed E-state index contributed by atoms with van der Waals surface area (Å²) in [5, 5.41) is 6.42. The summed E-state index contributed by atoms with van der Waals surface area (Å²) in [5.74, 6) is -0.294. The predicted molar refractivity (Wildman–Crippen MR) is 97.6 cm³/mol. The van der Waals surface area contributed by atoms with Gasteiger partial charge < -0.3 is 10.6 Å². The fourth-order valence-corrected chi connectivity index (χ4v) is 2.48. The lowest BCUT2D eigenvalue weighted by molar-refractivity contribution is -0.116. The smallest absolute Gasteiger partial charge is 0.253 e. The van der Waals surface area contributed by atoms with Gasteiger partial charge in [0.15, 0.2) is 0 Å². The highest BCUT2D eigenvalue weighted by atomic mass is 35.5. The van der Waals surface area contributed by atoms with Crippen molar-refractivity contribution in [2.75, 3.05) is 5.32 Å². The summed E-state index contributed by atoms with van der Waals surface area (Å²) in [6, 6.07) is 12.1. The molecule has 0 atom stereocenters. The van der Waals surface area contributed by atoms with Gasteiger partial charge in [0.25, 0.3) is 5.91 Å². The van der Waals surface area contributed by atoms with Crippen LogP contribution in [-0.2, 0) is 11.3 Å². The zero-order valence-electron chi connectivity index (χ0n) is 13.2. The quantitative estimate of drug-likeness (QED) is 0.782. The largest absolute Gasteiger partial charge is 0.348 e. The van der Waals surface area contributed by atoms with Crippen molar-refractivity contribution in [3.8, 4) is 0 Å². The van der Waals surface area contributed by atoms with Crippen LogP contribution in [0.15, 0.2) is 42.5 Å². The van der Waals surface area contributed by atoms with Gasteiger partial charge in [0.05, 0.1) is 10.6 Å². The molecule has 0 saturated heterocycles. The number of hydrogen-bond donors (Lipinski definition) is 2. The van der Waals surface area contributed by atoms with E-state index in [0.29, 0.717) is 28.6 Å². The van der Waals surface area contributed by atoms with Gasteiger partial charge in [-0.2, -0.15) is 0 Å². The third kappa shape index (κ3) is 5.25. The first kappa shape index (κ1) is 18.3. The highest BCUT2D eigenvalue weighted by Gasteiger charge is 2.10. The van der Waals surface area contributed by atoms with E-state index in [2.05, 4.69) is 10.6 Å². The lowest BCUT2D eigenvalue weighted by Crippen LogP contribution is -2.23. The third-order valence-electron chi connectivity index (χ3n) is 3.34. The summed E-state index contributed by atoms with van der Waals surface area (Å²) < 4.78 is 0. The molecule has 2 N–H and O–H groups in total. The van der Waals surface area contributed by atoms with Crippen molar-refractivity contribution in [3.05, 3.63) is 63.6 Å². The van der Waals surface area contributed by atoms with Crippen LogP contribution in [0.3, 0.4) is 0 Å². The fraction of sp³-hybridized carbons (Fsp3) is 0.222. The minimum Gasteiger partial charge on any atom is -0.348 e. The van der Waals surface area contributed by atoms with Gasteiger partial charge in [0.2, 0.25) is 5.91 Å². The van der Waals surface area contributed by atoms with Gasteiger partial charge in [-0.25, -0.2) is 0 Å². The molecule has 2 rings (SSSR count). The Labute approximate surface area is 151 Å². The van der Waals surface area contributed by atoms with Crippen molar-refractivity contribution in [1.82, 2.24) is 5.32 Å². The molecule has 0 fully saturated rings. The molecular weight excluding hydrogens is 347 g/mol. The summed E-state index contributed by atoms with van der Waals surface area (Å²) >= 11 is 11.9. The standard InChI is InChI=1S/C18H18Cl2N2O2/c1-2-3-17(23)22-14-7-4-12(5-8-14)11-21-18(24)15-10-13(19)6-9-16(15)20/h4-10H,2-3,11H2,1H3,(H,21,24)(H,22,23). The van der Waals surface area contributed by atoms with E-state index in [1.165, 1.54) is 6.07 Å². The molecule has 0 unspecified atom stereocenters. The number of anilines is 1. The van der Waals surface area contributed by atoms with E-state index in [-0.39, 0.29) is 11.8 Å². The van der Waals surface area contributed by atoms with Gasteiger partial charge in [-0.15, -0.1) is 0 Å². The summed E-state index contributed by atoms with van der Waals surface area (Å²) in [5.41, 5.74) is 1.99. The van der Waals surface area contributed by atoms with E-state index in [0.717, 1.165) is 17.7 Å². The highest BCUT2D eigenvalue weighted by molar-refractivity contribution is 6.35. The lowest BCUT2D eigenvalue weighted by Gasteiger charge is -2.09. The summed E-state index contributed by atoms with van der Waals surface area (Å²) in [4.78, 5) is 23.7. The first-order chi connectivity index (χ1) is 11.5. The first-order valence-electron chi connectivity index (χ1n) is 7.61. The van der Waals surface area contributed by atoms with Crippen LogP contribution in [0, 0.1) is 0 Å². The molecule has 0 radical (unpaired) electrons. The average molecular weight is 365 g/mol. The Hall–Kier alpha value is -2.04. The molecule has 126 valence electrons. The van der Waals surface area contributed by atoms with E-state index in [1.807, 2.05) is 19.1 Å². The van der Waals surface area contributed by atoms with Crippen molar-refractivity contribution < 1.29 is 9.59 Å². The second-order valence-corrected chi connectivity index (χ2v) is 6.15. The Bertz CT molecular complexity index is 730. The van der Waals surface area contributed by atoms with Gasteiger partial charge in [0.1, 0.15) is 0 Å². The topological polar surface area (TPSA) is 58.2 Å². The number of rotatable bonds is 6. The summed E-state index contributed by atoms with van der Waals surface area (Å²) in [6.45, 7) is 2.31. The predicted octanol–water partition coefficient (Wildman–Crippen LogP) is 4.66. The van der Waals surface area contributed by atoms with Gasteiger partial charge in [-0.05, 0) is 42.3 Å². The fourth-order valence-electron chi connectivity index (χ4n) is 2.11. The molecular formula is C18H18Cl2N2O2. The molecule has 2 aromatic carbocycles. The summed E-state index contributed by atoms with van der Waals surface area (Å²) in [6.07, 6.45) is 1.31. The van der Waals surface area contributed by atoms with Crippen molar-refractivity contribution in [1.29, 1.82) is 0 Å². The maximum atomic E-state index is 12.2. The zero-order valence-corrected chi connectivity index (χ0v) is 14.7. The van der Waals surface area contributed by atoms with E-state index in [4.69, 9.17) is 23.2 Å². The minimum atomic E-state index is -0.289.